The summed E-state index contributed by atoms with van der Waals surface area (Å²) in [5.41, 5.74) is 1.53. The summed E-state index contributed by atoms with van der Waals surface area (Å²) in [5, 5.41) is 9.21. The van der Waals surface area contributed by atoms with Crippen molar-refractivity contribution < 1.29 is 4.79 Å². The average molecular weight is 242 g/mol. The van der Waals surface area contributed by atoms with Gasteiger partial charge >= 0.3 is 0 Å². The van der Waals surface area contributed by atoms with Gasteiger partial charge in [0.1, 0.15) is 11.6 Å². The highest BCUT2D eigenvalue weighted by Crippen LogP contribution is 2.15. The molecule has 0 aliphatic rings. The summed E-state index contributed by atoms with van der Waals surface area (Å²) in [7, 11) is 0. The molecule has 1 aromatic carbocycles. The predicted octanol–water partition coefficient (Wildman–Crippen LogP) is 3.01. The maximum Gasteiger partial charge on any atom is 0.205 e. The lowest BCUT2D eigenvalue weighted by atomic mass is 10.0. The van der Waals surface area contributed by atoms with Gasteiger partial charge in [-0.1, -0.05) is 30.3 Å². The Morgan fingerprint density at radius 2 is 1.78 bits per heavy atom. The van der Waals surface area contributed by atoms with E-state index in [0.717, 1.165) is 18.8 Å². The lowest BCUT2D eigenvalue weighted by molar-refractivity contribution is 0.103. The highest BCUT2D eigenvalue weighted by Gasteiger charge is 2.17. The lowest BCUT2D eigenvalue weighted by Crippen LogP contribution is -2.23. The predicted molar refractivity (Wildman–Crippen MR) is 72.0 cm³/mol. The van der Waals surface area contributed by atoms with Gasteiger partial charge in [-0.2, -0.15) is 5.26 Å². The van der Waals surface area contributed by atoms with Crippen molar-refractivity contribution in [2.75, 3.05) is 13.1 Å². The number of hydrogen-bond donors (Lipinski definition) is 0. The Bertz CT molecular complexity index is 479. The third kappa shape index (κ3) is 2.98. The van der Waals surface area contributed by atoms with Crippen LogP contribution < -0.4 is 0 Å². The second-order valence-corrected chi connectivity index (χ2v) is 3.94. The molecular weight excluding hydrogens is 224 g/mol. The monoisotopic (exact) mass is 242 g/mol. The quantitative estimate of drug-likeness (QED) is 0.453. The summed E-state index contributed by atoms with van der Waals surface area (Å²) < 4.78 is 0. The molecule has 3 nitrogen and oxygen atoms in total. The molecule has 0 spiro atoms. The van der Waals surface area contributed by atoms with Gasteiger partial charge in [0.25, 0.3) is 0 Å². The number of carbonyl (C=O) groups excluding carboxylic acids is 1. The van der Waals surface area contributed by atoms with Crippen molar-refractivity contribution in [2.24, 2.45) is 0 Å². The number of Topliss-reactive ketones (excluding diaryl/α,β-unsaturated/α-hetero) is 1. The van der Waals surface area contributed by atoms with Crippen molar-refractivity contribution in [3.05, 3.63) is 47.2 Å². The highest BCUT2D eigenvalue weighted by molar-refractivity contribution is 6.11. The van der Waals surface area contributed by atoms with Gasteiger partial charge in [0, 0.05) is 24.4 Å². The van der Waals surface area contributed by atoms with Gasteiger partial charge in [-0.05, 0) is 20.8 Å². The Morgan fingerprint density at radius 3 is 2.22 bits per heavy atom. The standard InChI is InChI=1S/C15H18N2O/c1-4-17(5-2)12(3)14(11-16)15(18)13-9-7-6-8-10-13/h6-10H,4-5H2,1-3H3/b14-12+. The second-order valence-electron chi connectivity index (χ2n) is 3.94. The van der Waals surface area contributed by atoms with Crippen LogP contribution in [0.5, 0.6) is 0 Å². The summed E-state index contributed by atoms with van der Waals surface area (Å²) >= 11 is 0. The minimum Gasteiger partial charge on any atom is -0.374 e. The minimum atomic E-state index is -0.206. The lowest BCUT2D eigenvalue weighted by Gasteiger charge is -2.22. The zero-order valence-corrected chi connectivity index (χ0v) is 11.1. The fourth-order valence-electron chi connectivity index (χ4n) is 1.89. The van der Waals surface area contributed by atoms with Gasteiger partial charge < -0.3 is 4.90 Å². The van der Waals surface area contributed by atoms with Crippen molar-refractivity contribution in [3.63, 3.8) is 0 Å². The van der Waals surface area contributed by atoms with Gasteiger partial charge in [-0.3, -0.25) is 4.79 Å². The van der Waals surface area contributed by atoms with E-state index in [1.807, 2.05) is 37.8 Å². The van der Waals surface area contributed by atoms with E-state index in [9.17, 15) is 10.1 Å². The Kier molecular flexibility index (Phi) is 5.13. The summed E-state index contributed by atoms with van der Waals surface area (Å²) in [5.74, 6) is -0.206. The van der Waals surface area contributed by atoms with E-state index in [-0.39, 0.29) is 11.4 Å². The van der Waals surface area contributed by atoms with Crippen molar-refractivity contribution >= 4 is 5.78 Å². The van der Waals surface area contributed by atoms with Gasteiger partial charge in [-0.15, -0.1) is 0 Å². The molecule has 0 radical (unpaired) electrons. The summed E-state index contributed by atoms with van der Waals surface area (Å²) in [6.07, 6.45) is 0. The van der Waals surface area contributed by atoms with E-state index < -0.39 is 0 Å². The molecule has 18 heavy (non-hydrogen) atoms. The van der Waals surface area contributed by atoms with E-state index in [2.05, 4.69) is 0 Å². The number of rotatable bonds is 5. The molecule has 0 saturated carbocycles. The Hall–Kier alpha value is -2.08. The number of nitriles is 1. The van der Waals surface area contributed by atoms with Crippen LogP contribution in [0.4, 0.5) is 0 Å². The van der Waals surface area contributed by atoms with Crippen molar-refractivity contribution in [3.8, 4) is 6.07 Å². The number of allylic oxidation sites excluding steroid dienone is 2. The zero-order valence-electron chi connectivity index (χ0n) is 11.1. The average Bonchev–Trinajstić information content (AvgIpc) is 2.42. The number of benzene rings is 1. The van der Waals surface area contributed by atoms with Crippen LogP contribution in [0.2, 0.25) is 0 Å². The van der Waals surface area contributed by atoms with Gasteiger partial charge in [-0.25, -0.2) is 0 Å². The van der Waals surface area contributed by atoms with Crippen LogP contribution in [-0.4, -0.2) is 23.8 Å². The first-order chi connectivity index (χ1) is 8.65. The minimum absolute atomic E-state index is 0.206. The molecule has 0 saturated heterocycles. The van der Waals surface area contributed by atoms with Crippen LogP contribution in [0.1, 0.15) is 31.1 Å². The van der Waals surface area contributed by atoms with Crippen LogP contribution in [0.15, 0.2) is 41.6 Å². The van der Waals surface area contributed by atoms with Crippen molar-refractivity contribution in [1.29, 1.82) is 5.26 Å². The number of carbonyl (C=O) groups is 1. The normalized spacial score (nSPS) is 11.4. The number of hydrogen-bond acceptors (Lipinski definition) is 3. The Morgan fingerprint density at radius 1 is 1.22 bits per heavy atom. The van der Waals surface area contributed by atoms with Crippen molar-refractivity contribution in [1.82, 2.24) is 4.90 Å². The molecule has 94 valence electrons. The fourth-order valence-corrected chi connectivity index (χ4v) is 1.89. The SMILES string of the molecule is CCN(CC)/C(C)=C(\C#N)C(=O)c1ccccc1. The topological polar surface area (TPSA) is 44.1 Å². The molecule has 0 heterocycles. The molecule has 0 unspecified atom stereocenters. The smallest absolute Gasteiger partial charge is 0.205 e. The highest BCUT2D eigenvalue weighted by atomic mass is 16.1. The van der Waals surface area contributed by atoms with E-state index >= 15 is 0 Å². The maximum atomic E-state index is 12.2. The zero-order chi connectivity index (χ0) is 13.5. The molecule has 0 atom stereocenters. The second kappa shape index (κ2) is 6.61. The Balaban J connectivity index is 3.15. The molecule has 0 aromatic heterocycles. The molecule has 0 aliphatic carbocycles. The third-order valence-corrected chi connectivity index (χ3v) is 2.97. The maximum absolute atomic E-state index is 12.2. The van der Waals surface area contributed by atoms with E-state index in [1.165, 1.54) is 0 Å². The molecule has 3 heteroatoms. The van der Waals surface area contributed by atoms with Crippen LogP contribution in [0.3, 0.4) is 0 Å². The summed E-state index contributed by atoms with van der Waals surface area (Å²) in [6.45, 7) is 7.42. The molecule has 1 aromatic rings. The first kappa shape index (κ1) is 14.0. The molecule has 1 rings (SSSR count). The summed E-state index contributed by atoms with van der Waals surface area (Å²) in [4.78, 5) is 14.3. The third-order valence-electron chi connectivity index (χ3n) is 2.97. The van der Waals surface area contributed by atoms with Crippen LogP contribution in [0, 0.1) is 11.3 Å². The number of nitrogens with zero attached hydrogens (tertiary/aromatic N) is 2. The van der Waals surface area contributed by atoms with Crippen LogP contribution >= 0.6 is 0 Å². The first-order valence-corrected chi connectivity index (χ1v) is 6.11. The van der Waals surface area contributed by atoms with Gasteiger partial charge in [0.15, 0.2) is 0 Å². The molecule has 0 aliphatic heterocycles. The van der Waals surface area contributed by atoms with E-state index in [4.69, 9.17) is 0 Å². The molecule has 0 amide bonds. The largest absolute Gasteiger partial charge is 0.374 e. The fraction of sp³-hybridized carbons (Fsp3) is 0.333. The van der Waals surface area contributed by atoms with Crippen LogP contribution in [0.25, 0.3) is 0 Å². The van der Waals surface area contributed by atoms with Gasteiger partial charge in [0.2, 0.25) is 5.78 Å². The Labute approximate surface area is 108 Å². The van der Waals surface area contributed by atoms with E-state index in [1.54, 1.807) is 24.3 Å². The first-order valence-electron chi connectivity index (χ1n) is 6.11. The molecule has 0 bridgehead atoms. The molecule has 0 N–H and O–H groups in total. The van der Waals surface area contributed by atoms with Crippen LogP contribution in [-0.2, 0) is 0 Å². The number of ketones is 1. The molecule has 0 fully saturated rings. The van der Waals surface area contributed by atoms with Gasteiger partial charge in [0.05, 0.1) is 0 Å². The molecular formula is C15H18N2O. The van der Waals surface area contributed by atoms with Crippen molar-refractivity contribution in [2.45, 2.75) is 20.8 Å². The van der Waals surface area contributed by atoms with E-state index in [0.29, 0.717) is 5.56 Å². The summed E-state index contributed by atoms with van der Waals surface area (Å²) in [6, 6.07) is 11.0.